The van der Waals surface area contributed by atoms with E-state index >= 15 is 0 Å². The zero-order valence-electron chi connectivity index (χ0n) is 10.9. The van der Waals surface area contributed by atoms with Gasteiger partial charge < -0.3 is 9.84 Å². The largest absolute Gasteiger partial charge is 0.496 e. The van der Waals surface area contributed by atoms with Crippen molar-refractivity contribution in [3.8, 4) is 5.75 Å². The number of aliphatic hydroxyl groups excluding tert-OH is 1. The first-order valence-corrected chi connectivity index (χ1v) is 6.09. The minimum atomic E-state index is 0.265. The molecule has 0 aliphatic heterocycles. The number of allylic oxidation sites excluding steroid dienone is 1. The van der Waals surface area contributed by atoms with Crippen LogP contribution in [0.4, 0.5) is 0 Å². The van der Waals surface area contributed by atoms with E-state index in [1.54, 1.807) is 7.11 Å². The molecule has 1 aromatic rings. The Morgan fingerprint density at radius 1 is 1.41 bits per heavy atom. The lowest BCUT2D eigenvalue weighted by Gasteiger charge is -2.06. The molecule has 0 aliphatic carbocycles. The lowest BCUT2D eigenvalue weighted by Crippen LogP contribution is -1.98. The van der Waals surface area contributed by atoms with Crippen molar-refractivity contribution < 1.29 is 9.84 Å². The predicted molar refractivity (Wildman–Crippen MR) is 72.2 cm³/mol. The Labute approximate surface area is 104 Å². The first-order valence-electron chi connectivity index (χ1n) is 6.09. The third-order valence-electron chi connectivity index (χ3n) is 2.82. The van der Waals surface area contributed by atoms with Crippen molar-refractivity contribution in [1.82, 2.24) is 0 Å². The van der Waals surface area contributed by atoms with Crippen LogP contribution < -0.4 is 4.74 Å². The van der Waals surface area contributed by atoms with Crippen LogP contribution >= 0.6 is 0 Å². The van der Waals surface area contributed by atoms with Crippen LogP contribution in [-0.2, 0) is 0 Å². The van der Waals surface area contributed by atoms with Crippen LogP contribution in [-0.4, -0.2) is 18.8 Å². The maximum Gasteiger partial charge on any atom is 0.126 e. The molecule has 17 heavy (non-hydrogen) atoms. The molecule has 2 nitrogen and oxygen atoms in total. The van der Waals surface area contributed by atoms with E-state index in [9.17, 15) is 0 Å². The fourth-order valence-electron chi connectivity index (χ4n) is 1.67. The van der Waals surface area contributed by atoms with Gasteiger partial charge in [0.25, 0.3) is 0 Å². The van der Waals surface area contributed by atoms with Crippen molar-refractivity contribution in [2.75, 3.05) is 13.7 Å². The Morgan fingerprint density at radius 2 is 2.18 bits per heavy atom. The van der Waals surface area contributed by atoms with Crippen molar-refractivity contribution in [3.63, 3.8) is 0 Å². The fourth-order valence-corrected chi connectivity index (χ4v) is 1.67. The first kappa shape index (κ1) is 13.8. The summed E-state index contributed by atoms with van der Waals surface area (Å²) < 4.78 is 5.31. The van der Waals surface area contributed by atoms with Gasteiger partial charge in [0.05, 0.1) is 7.11 Å². The zero-order valence-corrected chi connectivity index (χ0v) is 10.9. The van der Waals surface area contributed by atoms with Gasteiger partial charge in [0, 0.05) is 12.2 Å². The zero-order chi connectivity index (χ0) is 12.7. The Hall–Kier alpha value is -1.28. The van der Waals surface area contributed by atoms with E-state index in [2.05, 4.69) is 32.1 Å². The summed E-state index contributed by atoms with van der Waals surface area (Å²) in [6.07, 6.45) is 6.24. The normalized spacial score (nSPS) is 12.9. The molecule has 1 N–H and O–H groups in total. The van der Waals surface area contributed by atoms with Crippen LogP contribution in [0.15, 0.2) is 24.3 Å². The molecule has 94 valence electrons. The molecule has 0 aromatic heterocycles. The van der Waals surface area contributed by atoms with Crippen molar-refractivity contribution in [2.24, 2.45) is 5.92 Å². The number of rotatable bonds is 6. The monoisotopic (exact) mass is 234 g/mol. The predicted octanol–water partition coefficient (Wildman–Crippen LogP) is 3.43. The summed E-state index contributed by atoms with van der Waals surface area (Å²) in [5.41, 5.74) is 2.35. The second-order valence-corrected chi connectivity index (χ2v) is 4.51. The molecule has 0 fully saturated rings. The number of hydrogen-bond donors (Lipinski definition) is 1. The maximum absolute atomic E-state index is 8.93. The van der Waals surface area contributed by atoms with Gasteiger partial charge >= 0.3 is 0 Å². The number of benzene rings is 1. The van der Waals surface area contributed by atoms with Crippen LogP contribution in [0.5, 0.6) is 5.75 Å². The molecule has 0 unspecified atom stereocenters. The first-order chi connectivity index (χ1) is 8.17. The van der Waals surface area contributed by atoms with Crippen LogP contribution in [0.25, 0.3) is 6.08 Å². The lowest BCUT2D eigenvalue weighted by atomic mass is 10.1. The summed E-state index contributed by atoms with van der Waals surface area (Å²) in [5, 5.41) is 8.93. The molecule has 0 spiro atoms. The van der Waals surface area contributed by atoms with Gasteiger partial charge in [-0.25, -0.2) is 0 Å². The van der Waals surface area contributed by atoms with Gasteiger partial charge in [0.15, 0.2) is 0 Å². The summed E-state index contributed by atoms with van der Waals surface area (Å²) in [6.45, 7) is 4.40. The molecule has 2 heteroatoms. The molecule has 0 radical (unpaired) electrons. The molecule has 0 saturated carbocycles. The van der Waals surface area contributed by atoms with E-state index < -0.39 is 0 Å². The maximum atomic E-state index is 8.93. The molecule has 1 atom stereocenters. The van der Waals surface area contributed by atoms with Gasteiger partial charge in [-0.1, -0.05) is 30.7 Å². The van der Waals surface area contributed by atoms with Crippen LogP contribution in [0.2, 0.25) is 0 Å². The number of aliphatic hydroxyl groups is 1. The second-order valence-electron chi connectivity index (χ2n) is 4.51. The highest BCUT2D eigenvalue weighted by atomic mass is 16.5. The van der Waals surface area contributed by atoms with Crippen LogP contribution in [0.1, 0.15) is 30.9 Å². The van der Waals surface area contributed by atoms with E-state index in [1.165, 1.54) is 5.56 Å². The number of aryl methyl sites for hydroxylation is 1. The third-order valence-corrected chi connectivity index (χ3v) is 2.82. The van der Waals surface area contributed by atoms with Gasteiger partial charge in [-0.05, 0) is 37.8 Å². The number of ether oxygens (including phenoxy) is 1. The average Bonchev–Trinajstić information content (AvgIpc) is 2.34. The van der Waals surface area contributed by atoms with Gasteiger partial charge in [-0.2, -0.15) is 0 Å². The Balaban J connectivity index is 2.60. The van der Waals surface area contributed by atoms with Crippen molar-refractivity contribution in [3.05, 3.63) is 35.4 Å². The Kier molecular flexibility index (Phi) is 5.78. The Morgan fingerprint density at radius 3 is 2.82 bits per heavy atom. The Bertz CT molecular complexity index is 369. The minimum Gasteiger partial charge on any atom is -0.496 e. The molecule has 0 saturated heterocycles. The highest BCUT2D eigenvalue weighted by Gasteiger charge is 2.00. The molecular weight excluding hydrogens is 212 g/mol. The topological polar surface area (TPSA) is 29.5 Å². The molecule has 0 bridgehead atoms. The van der Waals surface area contributed by atoms with Crippen LogP contribution in [0, 0.1) is 12.8 Å². The summed E-state index contributed by atoms with van der Waals surface area (Å²) >= 11 is 0. The molecule has 0 amide bonds. The van der Waals surface area contributed by atoms with E-state index in [0.717, 1.165) is 24.2 Å². The fraction of sp³-hybridized carbons (Fsp3) is 0.467. The van der Waals surface area contributed by atoms with Gasteiger partial charge in [0.2, 0.25) is 0 Å². The number of methoxy groups -OCH3 is 1. The molecule has 1 aromatic carbocycles. The average molecular weight is 234 g/mol. The molecule has 1 rings (SSSR count). The molecular formula is C15H22O2. The van der Waals surface area contributed by atoms with E-state index in [4.69, 9.17) is 9.84 Å². The van der Waals surface area contributed by atoms with E-state index in [-0.39, 0.29) is 6.61 Å². The van der Waals surface area contributed by atoms with E-state index in [0.29, 0.717) is 5.92 Å². The molecule has 0 aliphatic rings. The summed E-state index contributed by atoms with van der Waals surface area (Å²) in [4.78, 5) is 0. The highest BCUT2D eigenvalue weighted by molar-refractivity contribution is 5.58. The minimum absolute atomic E-state index is 0.265. The van der Waals surface area contributed by atoms with Crippen molar-refractivity contribution in [2.45, 2.75) is 26.7 Å². The van der Waals surface area contributed by atoms with Gasteiger partial charge in [-0.15, -0.1) is 0 Å². The van der Waals surface area contributed by atoms with Crippen molar-refractivity contribution in [1.29, 1.82) is 0 Å². The lowest BCUT2D eigenvalue weighted by molar-refractivity contribution is 0.231. The standard InChI is InChI=1S/C15H22O2/c1-12-8-9-15(17-3)14(10-12)7-5-4-6-13(2)11-16/h5,7-10,13,16H,4,6,11H2,1-3H3/b7-5+/t13-/m0/s1. The summed E-state index contributed by atoms with van der Waals surface area (Å²) in [6, 6.07) is 6.15. The summed E-state index contributed by atoms with van der Waals surface area (Å²) in [5.74, 6) is 1.28. The SMILES string of the molecule is COc1ccc(C)cc1/C=C/CC[C@H](C)CO. The molecule has 0 heterocycles. The summed E-state index contributed by atoms with van der Waals surface area (Å²) in [7, 11) is 1.69. The van der Waals surface area contributed by atoms with Crippen molar-refractivity contribution >= 4 is 6.08 Å². The van der Waals surface area contributed by atoms with Gasteiger partial charge in [-0.3, -0.25) is 0 Å². The van der Waals surface area contributed by atoms with Gasteiger partial charge in [0.1, 0.15) is 5.75 Å². The highest BCUT2D eigenvalue weighted by Crippen LogP contribution is 2.21. The third kappa shape index (κ3) is 4.61. The second kappa shape index (κ2) is 7.13. The van der Waals surface area contributed by atoms with E-state index in [1.807, 2.05) is 12.1 Å². The van der Waals surface area contributed by atoms with Crippen LogP contribution in [0.3, 0.4) is 0 Å². The number of hydrogen-bond acceptors (Lipinski definition) is 2. The quantitative estimate of drug-likeness (QED) is 0.817. The smallest absolute Gasteiger partial charge is 0.126 e.